The minimum absolute atomic E-state index is 0.234. The van der Waals surface area contributed by atoms with Crippen molar-refractivity contribution in [2.24, 2.45) is 0 Å². The third kappa shape index (κ3) is 4.88. The molecule has 2 heterocycles. The Bertz CT molecular complexity index is 1190. The number of halogens is 3. The van der Waals surface area contributed by atoms with Crippen molar-refractivity contribution >= 4 is 65.4 Å². The molecule has 1 saturated heterocycles. The van der Waals surface area contributed by atoms with Crippen LogP contribution in [-0.2, 0) is 9.84 Å². The Morgan fingerprint density at radius 2 is 1.81 bits per heavy atom. The molecular weight excluding hydrogens is 543 g/mol. The van der Waals surface area contributed by atoms with Crippen molar-refractivity contribution in [2.75, 3.05) is 25.1 Å². The van der Waals surface area contributed by atoms with Crippen molar-refractivity contribution in [3.8, 4) is 17.0 Å². The van der Waals surface area contributed by atoms with Gasteiger partial charge in [0.15, 0.2) is 15.0 Å². The monoisotopic (exact) mass is 560 g/mol. The minimum atomic E-state index is -3.51. The molecule has 5 nitrogen and oxygen atoms in total. The van der Waals surface area contributed by atoms with Gasteiger partial charge >= 0.3 is 0 Å². The summed E-state index contributed by atoms with van der Waals surface area (Å²) in [5.41, 5.74) is 1.66. The molecule has 0 N–H and O–H groups in total. The van der Waals surface area contributed by atoms with Gasteiger partial charge in [-0.2, -0.15) is 0 Å². The smallest absolute Gasteiger partial charge is 0.185 e. The summed E-state index contributed by atoms with van der Waals surface area (Å²) >= 11 is 17.1. The lowest BCUT2D eigenvalue weighted by molar-refractivity contribution is 0.401. The molecule has 164 valence electrons. The zero-order valence-corrected chi connectivity index (χ0v) is 21.2. The number of methoxy groups -OCH3 is 1. The maximum absolute atomic E-state index is 13.3. The minimum Gasteiger partial charge on any atom is -0.495 e. The molecule has 1 fully saturated rings. The molecule has 0 bridgehead atoms. The van der Waals surface area contributed by atoms with Gasteiger partial charge in [-0.1, -0.05) is 39.1 Å². The molecule has 10 heteroatoms. The second-order valence-corrected chi connectivity index (χ2v) is 12.0. The van der Waals surface area contributed by atoms with Crippen LogP contribution in [0.3, 0.4) is 0 Å². The Balaban J connectivity index is 1.49. The van der Waals surface area contributed by atoms with Crippen molar-refractivity contribution < 1.29 is 13.2 Å². The molecule has 4 rings (SSSR count). The van der Waals surface area contributed by atoms with E-state index in [1.54, 1.807) is 24.3 Å². The lowest BCUT2D eigenvalue weighted by atomic mass is 10.1. The van der Waals surface area contributed by atoms with Gasteiger partial charge in [-0.15, -0.1) is 11.3 Å². The summed E-state index contributed by atoms with van der Waals surface area (Å²) in [6.45, 7) is 1.23. The van der Waals surface area contributed by atoms with Crippen LogP contribution in [-0.4, -0.2) is 38.9 Å². The van der Waals surface area contributed by atoms with E-state index in [-0.39, 0.29) is 4.90 Å². The molecule has 0 spiro atoms. The topological polar surface area (TPSA) is 59.5 Å². The van der Waals surface area contributed by atoms with Crippen LogP contribution in [0.25, 0.3) is 11.3 Å². The number of anilines is 1. The van der Waals surface area contributed by atoms with Crippen molar-refractivity contribution in [3.05, 3.63) is 56.3 Å². The molecule has 0 saturated carbocycles. The molecule has 1 aliphatic heterocycles. The highest BCUT2D eigenvalue weighted by Crippen LogP contribution is 2.36. The van der Waals surface area contributed by atoms with E-state index in [2.05, 4.69) is 20.8 Å². The molecule has 3 aromatic rings. The van der Waals surface area contributed by atoms with E-state index in [9.17, 15) is 8.42 Å². The van der Waals surface area contributed by atoms with Crippen LogP contribution < -0.4 is 9.64 Å². The number of benzene rings is 2. The summed E-state index contributed by atoms with van der Waals surface area (Å²) in [7, 11) is -2.02. The lowest BCUT2D eigenvalue weighted by Crippen LogP contribution is -2.39. The molecule has 31 heavy (non-hydrogen) atoms. The number of rotatable bonds is 5. The third-order valence-corrected chi connectivity index (χ3v) is 9.35. The molecule has 0 atom stereocenters. The highest BCUT2D eigenvalue weighted by Gasteiger charge is 2.34. The number of hydrogen-bond acceptors (Lipinski definition) is 6. The second kappa shape index (κ2) is 9.27. The molecule has 1 aromatic heterocycles. The standard InChI is InChI=1S/C21H19BrCl2N2O3S2/c1-29-19-3-2-14(22)10-20(19)31(27,28)17-4-6-26(7-5-17)21-25-18(12-30-21)13-8-15(23)11-16(24)9-13/h2-3,8-12,17H,4-7H2,1H3. The van der Waals surface area contributed by atoms with Crippen LogP contribution >= 0.6 is 50.5 Å². The van der Waals surface area contributed by atoms with E-state index in [1.807, 2.05) is 17.5 Å². The summed E-state index contributed by atoms with van der Waals surface area (Å²) in [6.07, 6.45) is 1.05. The molecule has 1 aliphatic rings. The fraction of sp³-hybridized carbons (Fsp3) is 0.286. The summed E-state index contributed by atoms with van der Waals surface area (Å²) in [5.74, 6) is 0.371. The predicted molar refractivity (Wildman–Crippen MR) is 131 cm³/mol. The van der Waals surface area contributed by atoms with Gasteiger partial charge in [0.1, 0.15) is 10.6 Å². The third-order valence-electron chi connectivity index (χ3n) is 5.23. The molecule has 0 unspecified atom stereocenters. The van der Waals surface area contributed by atoms with E-state index in [0.29, 0.717) is 46.2 Å². The normalized spacial score (nSPS) is 15.3. The van der Waals surface area contributed by atoms with Gasteiger partial charge in [-0.05, 0) is 49.2 Å². The van der Waals surface area contributed by atoms with Gasteiger partial charge in [0, 0.05) is 38.6 Å². The molecule has 2 aromatic carbocycles. The Morgan fingerprint density at radius 1 is 1.13 bits per heavy atom. The zero-order valence-electron chi connectivity index (χ0n) is 16.5. The average Bonchev–Trinajstić information content (AvgIpc) is 3.23. The maximum atomic E-state index is 13.3. The summed E-state index contributed by atoms with van der Waals surface area (Å²) in [6, 6.07) is 10.4. The number of ether oxygens (including phenoxy) is 1. The first-order valence-corrected chi connectivity index (χ1v) is 13.5. The SMILES string of the molecule is COc1ccc(Br)cc1S(=O)(=O)C1CCN(c2nc(-c3cc(Cl)cc(Cl)c3)cs2)CC1. The Hall–Kier alpha value is -1.32. The fourth-order valence-corrected chi connectivity index (χ4v) is 7.49. The Morgan fingerprint density at radius 3 is 2.45 bits per heavy atom. The molecule has 0 amide bonds. The average molecular weight is 562 g/mol. The zero-order chi connectivity index (χ0) is 22.2. The van der Waals surface area contributed by atoms with Crippen LogP contribution in [0.4, 0.5) is 5.13 Å². The van der Waals surface area contributed by atoms with Crippen molar-refractivity contribution in [1.29, 1.82) is 0 Å². The molecule has 0 aliphatic carbocycles. The number of thiazole rings is 1. The lowest BCUT2D eigenvalue weighted by Gasteiger charge is -2.31. The van der Waals surface area contributed by atoms with Crippen LogP contribution in [0, 0.1) is 0 Å². The van der Waals surface area contributed by atoms with Gasteiger partial charge in [0.25, 0.3) is 0 Å². The van der Waals surface area contributed by atoms with E-state index in [0.717, 1.165) is 16.4 Å². The quantitative estimate of drug-likeness (QED) is 0.364. The van der Waals surface area contributed by atoms with Crippen LogP contribution in [0.2, 0.25) is 10.0 Å². The molecule has 0 radical (unpaired) electrons. The van der Waals surface area contributed by atoms with Gasteiger partial charge in [-0.3, -0.25) is 0 Å². The maximum Gasteiger partial charge on any atom is 0.185 e. The van der Waals surface area contributed by atoms with E-state index in [1.165, 1.54) is 18.4 Å². The first-order valence-electron chi connectivity index (χ1n) is 9.52. The highest BCUT2D eigenvalue weighted by atomic mass is 79.9. The van der Waals surface area contributed by atoms with E-state index in [4.69, 9.17) is 32.9 Å². The van der Waals surface area contributed by atoms with Gasteiger partial charge < -0.3 is 9.64 Å². The number of piperidine rings is 1. The first kappa shape index (κ1) is 22.9. The number of aromatic nitrogens is 1. The number of hydrogen-bond donors (Lipinski definition) is 0. The van der Waals surface area contributed by atoms with Gasteiger partial charge in [0.2, 0.25) is 0 Å². The predicted octanol–water partition coefficient (Wildman–Crippen LogP) is 6.33. The van der Waals surface area contributed by atoms with Crippen molar-refractivity contribution in [3.63, 3.8) is 0 Å². The van der Waals surface area contributed by atoms with Crippen molar-refractivity contribution in [1.82, 2.24) is 4.98 Å². The van der Waals surface area contributed by atoms with Crippen LogP contribution in [0.1, 0.15) is 12.8 Å². The van der Waals surface area contributed by atoms with E-state index < -0.39 is 15.1 Å². The van der Waals surface area contributed by atoms with Crippen molar-refractivity contribution in [2.45, 2.75) is 23.0 Å². The molecular formula is C21H19BrCl2N2O3S2. The number of nitrogens with zero attached hydrogens (tertiary/aromatic N) is 2. The highest BCUT2D eigenvalue weighted by molar-refractivity contribution is 9.10. The number of sulfone groups is 1. The first-order chi connectivity index (χ1) is 14.8. The largest absolute Gasteiger partial charge is 0.495 e. The Labute approximate surface area is 204 Å². The summed E-state index contributed by atoms with van der Waals surface area (Å²) in [4.78, 5) is 7.09. The Kier molecular flexibility index (Phi) is 6.84. The fourth-order valence-electron chi connectivity index (χ4n) is 3.65. The summed E-state index contributed by atoms with van der Waals surface area (Å²) < 4.78 is 32.5. The second-order valence-electron chi connectivity index (χ2n) is 7.20. The van der Waals surface area contributed by atoms with Crippen LogP contribution in [0.5, 0.6) is 5.75 Å². The van der Waals surface area contributed by atoms with Gasteiger partial charge in [0.05, 0.1) is 18.1 Å². The van der Waals surface area contributed by atoms with Gasteiger partial charge in [-0.25, -0.2) is 13.4 Å². The van der Waals surface area contributed by atoms with Crippen LogP contribution in [0.15, 0.2) is 51.1 Å². The summed E-state index contributed by atoms with van der Waals surface area (Å²) in [5, 5.41) is 3.49. The van der Waals surface area contributed by atoms with E-state index >= 15 is 0 Å².